The molecule has 0 atom stereocenters. The molecule has 0 spiro atoms. The van der Waals surface area contributed by atoms with Gasteiger partial charge in [-0.3, -0.25) is 4.98 Å². The molecule has 0 bridgehead atoms. The molecule has 0 aliphatic rings. The highest BCUT2D eigenvalue weighted by Crippen LogP contribution is 2.40. The van der Waals surface area contributed by atoms with Crippen molar-refractivity contribution < 1.29 is 0 Å². The number of para-hydroxylation sites is 3. The van der Waals surface area contributed by atoms with Gasteiger partial charge in [0, 0.05) is 49.2 Å². The van der Waals surface area contributed by atoms with Crippen molar-refractivity contribution in [2.45, 2.75) is 26.2 Å². The van der Waals surface area contributed by atoms with E-state index in [2.05, 4.69) is 131 Å². The molecular formula is C39H29N3S. The standard InChI is InChI=1S/C39H29N3S/c1-2-3-10-25-21-22-40-38-32-24-27(18-20-37(32)43-39(25)38)42-35-16-9-6-13-30(35)31-23-26(17-19-36(31)42)41-33-14-7-4-11-28(33)29-12-5-8-15-34(29)41/h4-9,11-24H,2-3,10H2,1H3. The van der Waals surface area contributed by atoms with E-state index in [9.17, 15) is 0 Å². The summed E-state index contributed by atoms with van der Waals surface area (Å²) in [4.78, 5) is 4.87. The van der Waals surface area contributed by atoms with E-state index in [1.807, 2.05) is 17.5 Å². The molecule has 0 amide bonds. The van der Waals surface area contributed by atoms with Crippen molar-refractivity contribution in [3.05, 3.63) is 127 Å². The summed E-state index contributed by atoms with van der Waals surface area (Å²) in [5.74, 6) is 0. The fourth-order valence-electron chi connectivity index (χ4n) is 6.98. The molecule has 4 heteroatoms. The van der Waals surface area contributed by atoms with Gasteiger partial charge in [-0.25, -0.2) is 0 Å². The molecule has 5 aromatic carbocycles. The zero-order valence-electron chi connectivity index (χ0n) is 23.9. The van der Waals surface area contributed by atoms with E-state index < -0.39 is 0 Å². The summed E-state index contributed by atoms with van der Waals surface area (Å²) in [5, 5.41) is 6.32. The summed E-state index contributed by atoms with van der Waals surface area (Å²) in [7, 11) is 0. The molecule has 4 aromatic heterocycles. The third kappa shape index (κ3) is 3.63. The van der Waals surface area contributed by atoms with Crippen molar-refractivity contribution >= 4 is 75.3 Å². The Morgan fingerprint density at radius 2 is 1.14 bits per heavy atom. The van der Waals surface area contributed by atoms with E-state index in [0.717, 1.165) is 11.9 Å². The lowest BCUT2D eigenvalue weighted by molar-refractivity contribution is 0.799. The predicted molar refractivity (Wildman–Crippen MR) is 184 cm³/mol. The molecule has 0 saturated heterocycles. The summed E-state index contributed by atoms with van der Waals surface area (Å²) in [6.07, 6.45) is 5.50. The molecule has 0 aliphatic heterocycles. The monoisotopic (exact) mass is 571 g/mol. The third-order valence-electron chi connectivity index (χ3n) is 8.97. The van der Waals surface area contributed by atoms with E-state index in [0.29, 0.717) is 0 Å². The molecule has 3 nitrogen and oxygen atoms in total. The molecule has 43 heavy (non-hydrogen) atoms. The van der Waals surface area contributed by atoms with Crippen LogP contribution in [0.1, 0.15) is 25.3 Å². The second-order valence-electron chi connectivity index (χ2n) is 11.5. The molecule has 206 valence electrons. The van der Waals surface area contributed by atoms with Crippen molar-refractivity contribution in [3.8, 4) is 11.4 Å². The molecule has 0 radical (unpaired) electrons. The minimum Gasteiger partial charge on any atom is -0.309 e. The zero-order valence-corrected chi connectivity index (χ0v) is 24.7. The maximum atomic E-state index is 4.87. The molecule has 0 saturated carbocycles. The Hall–Kier alpha value is -4.93. The van der Waals surface area contributed by atoms with Gasteiger partial charge in [0.05, 0.1) is 32.3 Å². The van der Waals surface area contributed by atoms with Gasteiger partial charge in [0.15, 0.2) is 0 Å². The maximum absolute atomic E-state index is 4.87. The van der Waals surface area contributed by atoms with Gasteiger partial charge in [-0.15, -0.1) is 11.3 Å². The fraction of sp³-hybridized carbons (Fsp3) is 0.103. The first-order valence-electron chi connectivity index (χ1n) is 15.1. The van der Waals surface area contributed by atoms with Crippen LogP contribution in [0.5, 0.6) is 0 Å². The average molecular weight is 572 g/mol. The van der Waals surface area contributed by atoms with Crippen LogP contribution in [0, 0.1) is 0 Å². The third-order valence-corrected chi connectivity index (χ3v) is 10.2. The summed E-state index contributed by atoms with van der Waals surface area (Å²) in [6.45, 7) is 2.26. The van der Waals surface area contributed by atoms with Crippen LogP contribution in [0.15, 0.2) is 121 Å². The fourth-order valence-corrected chi connectivity index (χ4v) is 8.16. The maximum Gasteiger partial charge on any atom is 0.0891 e. The van der Waals surface area contributed by atoms with Gasteiger partial charge in [0.1, 0.15) is 0 Å². The molecule has 9 rings (SSSR count). The van der Waals surface area contributed by atoms with Crippen molar-refractivity contribution in [2.24, 2.45) is 0 Å². The van der Waals surface area contributed by atoms with Crippen molar-refractivity contribution in [3.63, 3.8) is 0 Å². The number of hydrogen-bond acceptors (Lipinski definition) is 2. The molecule has 4 heterocycles. The summed E-state index contributed by atoms with van der Waals surface area (Å²) in [6, 6.07) is 42.3. The lowest BCUT2D eigenvalue weighted by Crippen LogP contribution is -1.95. The molecular weight excluding hydrogens is 543 g/mol. The highest BCUT2D eigenvalue weighted by atomic mass is 32.1. The smallest absolute Gasteiger partial charge is 0.0891 e. The first-order valence-corrected chi connectivity index (χ1v) is 15.9. The number of fused-ring (bicyclic) bond motifs is 9. The molecule has 0 unspecified atom stereocenters. The first-order chi connectivity index (χ1) is 21.3. The Morgan fingerprint density at radius 1 is 0.581 bits per heavy atom. The number of hydrogen-bond donors (Lipinski definition) is 0. The summed E-state index contributed by atoms with van der Waals surface area (Å²) < 4.78 is 7.46. The van der Waals surface area contributed by atoms with Crippen molar-refractivity contribution in [1.29, 1.82) is 0 Å². The predicted octanol–water partition coefficient (Wildman–Crippen LogP) is 11.0. The van der Waals surface area contributed by atoms with Crippen LogP contribution in [0.25, 0.3) is 75.3 Å². The highest BCUT2D eigenvalue weighted by molar-refractivity contribution is 7.26. The Labute approximate surface area is 253 Å². The van der Waals surface area contributed by atoms with Gasteiger partial charge < -0.3 is 9.13 Å². The number of benzene rings is 5. The average Bonchev–Trinajstić information content (AvgIpc) is 3.71. The number of aromatic nitrogens is 3. The van der Waals surface area contributed by atoms with Gasteiger partial charge in [-0.2, -0.15) is 0 Å². The first kappa shape index (κ1) is 24.6. The minimum absolute atomic E-state index is 1.11. The number of nitrogens with zero attached hydrogens (tertiary/aromatic N) is 3. The lowest BCUT2D eigenvalue weighted by Gasteiger charge is -2.10. The second kappa shape index (κ2) is 9.55. The van der Waals surface area contributed by atoms with Crippen LogP contribution in [-0.4, -0.2) is 14.1 Å². The number of thiophene rings is 1. The van der Waals surface area contributed by atoms with Crippen LogP contribution in [-0.2, 0) is 6.42 Å². The summed E-state index contributed by atoms with van der Waals surface area (Å²) in [5.41, 5.74) is 9.78. The molecule has 9 aromatic rings. The Kier molecular flexibility index (Phi) is 5.47. The quantitative estimate of drug-likeness (QED) is 0.201. The largest absolute Gasteiger partial charge is 0.309 e. The highest BCUT2D eigenvalue weighted by Gasteiger charge is 2.17. The number of aryl methyl sites for hydroxylation is 1. The Morgan fingerprint density at radius 3 is 1.79 bits per heavy atom. The van der Waals surface area contributed by atoms with Gasteiger partial charge >= 0.3 is 0 Å². The Balaban J connectivity index is 1.28. The number of rotatable bonds is 5. The van der Waals surface area contributed by atoms with E-state index in [1.165, 1.54) is 88.2 Å². The lowest BCUT2D eigenvalue weighted by atomic mass is 10.1. The SMILES string of the molecule is CCCCc1ccnc2c1sc1ccc(-n3c4ccccc4c4cc(-n5c6ccccc6c6ccccc65)ccc43)cc12. The van der Waals surface area contributed by atoms with E-state index in [-0.39, 0.29) is 0 Å². The van der Waals surface area contributed by atoms with Crippen molar-refractivity contribution in [2.75, 3.05) is 0 Å². The topological polar surface area (TPSA) is 22.8 Å². The number of pyridine rings is 1. The minimum atomic E-state index is 1.11. The molecule has 0 aliphatic carbocycles. The molecule has 0 N–H and O–H groups in total. The zero-order chi connectivity index (χ0) is 28.5. The number of unbranched alkanes of at least 4 members (excludes halogenated alkanes) is 1. The van der Waals surface area contributed by atoms with Crippen LogP contribution >= 0.6 is 11.3 Å². The normalized spacial score (nSPS) is 12.1. The van der Waals surface area contributed by atoms with Crippen LogP contribution in [0.4, 0.5) is 0 Å². The van der Waals surface area contributed by atoms with Gasteiger partial charge in [0.25, 0.3) is 0 Å². The summed E-state index contributed by atoms with van der Waals surface area (Å²) >= 11 is 1.88. The van der Waals surface area contributed by atoms with Gasteiger partial charge in [-0.1, -0.05) is 67.9 Å². The van der Waals surface area contributed by atoms with E-state index >= 15 is 0 Å². The van der Waals surface area contributed by atoms with Crippen molar-refractivity contribution in [1.82, 2.24) is 14.1 Å². The van der Waals surface area contributed by atoms with E-state index in [1.54, 1.807) is 0 Å². The van der Waals surface area contributed by atoms with Crippen LogP contribution in [0.2, 0.25) is 0 Å². The van der Waals surface area contributed by atoms with E-state index in [4.69, 9.17) is 4.98 Å². The van der Waals surface area contributed by atoms with Crippen LogP contribution < -0.4 is 0 Å². The Bertz CT molecular complexity index is 2460. The van der Waals surface area contributed by atoms with Crippen LogP contribution in [0.3, 0.4) is 0 Å². The van der Waals surface area contributed by atoms with Gasteiger partial charge in [0.2, 0.25) is 0 Å². The van der Waals surface area contributed by atoms with Gasteiger partial charge in [-0.05, 0) is 79.1 Å². The molecule has 0 fully saturated rings. The second-order valence-corrected chi connectivity index (χ2v) is 12.5.